The molecule has 0 radical (unpaired) electrons. The lowest BCUT2D eigenvalue weighted by Gasteiger charge is -2.31. The fourth-order valence-electron chi connectivity index (χ4n) is 2.74. The van der Waals surface area contributed by atoms with Crippen LogP contribution in [0.2, 0.25) is 5.02 Å². The van der Waals surface area contributed by atoms with Gasteiger partial charge in [0.2, 0.25) is 0 Å². The molecule has 2 atom stereocenters. The van der Waals surface area contributed by atoms with E-state index in [0.29, 0.717) is 12.0 Å². The van der Waals surface area contributed by atoms with Crippen molar-refractivity contribution < 1.29 is 4.74 Å². The number of benzene rings is 1. The molecule has 0 bridgehead atoms. The van der Waals surface area contributed by atoms with Crippen LogP contribution in [0.3, 0.4) is 0 Å². The molecule has 1 N–H and O–H groups in total. The van der Waals surface area contributed by atoms with Gasteiger partial charge in [-0.2, -0.15) is 0 Å². The van der Waals surface area contributed by atoms with Crippen LogP contribution in [0.15, 0.2) is 22.7 Å². The molecule has 1 fully saturated rings. The van der Waals surface area contributed by atoms with Gasteiger partial charge in [-0.3, -0.25) is 0 Å². The molecule has 1 aliphatic heterocycles. The molecule has 0 aliphatic carbocycles. The summed E-state index contributed by atoms with van der Waals surface area (Å²) in [4.78, 5) is 0. The summed E-state index contributed by atoms with van der Waals surface area (Å²) in [6, 6.07) is 6.62. The predicted octanol–water partition coefficient (Wildman–Crippen LogP) is 4.44. The zero-order valence-corrected chi connectivity index (χ0v) is 14.3. The van der Waals surface area contributed by atoms with Crippen LogP contribution in [0.5, 0.6) is 0 Å². The average Bonchev–Trinajstić information content (AvgIpc) is 2.46. The second-order valence-corrected chi connectivity index (χ2v) is 6.80. The van der Waals surface area contributed by atoms with Crippen molar-refractivity contribution in [3.8, 4) is 0 Å². The molecule has 1 aromatic rings. The van der Waals surface area contributed by atoms with Gasteiger partial charge < -0.3 is 10.1 Å². The van der Waals surface area contributed by atoms with E-state index in [0.717, 1.165) is 42.1 Å². The lowest BCUT2D eigenvalue weighted by atomic mass is 9.89. The Bertz CT molecular complexity index is 421. The van der Waals surface area contributed by atoms with Crippen molar-refractivity contribution >= 4 is 27.5 Å². The van der Waals surface area contributed by atoms with Crippen LogP contribution >= 0.6 is 27.5 Å². The first kappa shape index (κ1) is 16.3. The number of halogens is 2. The molecule has 1 heterocycles. The van der Waals surface area contributed by atoms with Gasteiger partial charge in [-0.05, 0) is 55.8 Å². The first-order valence-electron chi connectivity index (χ1n) is 7.45. The fraction of sp³-hybridized carbons (Fsp3) is 0.625. The van der Waals surface area contributed by atoms with Crippen molar-refractivity contribution in [3.05, 3.63) is 33.3 Å². The molecule has 0 saturated carbocycles. The Balaban J connectivity index is 2.05. The van der Waals surface area contributed by atoms with Crippen LogP contribution in [-0.2, 0) is 11.2 Å². The smallest absolute Gasteiger partial charge is 0.0509 e. The molecule has 112 valence electrons. The lowest BCUT2D eigenvalue weighted by Crippen LogP contribution is -2.42. The number of hydrogen-bond donors (Lipinski definition) is 1. The molecule has 1 aromatic carbocycles. The summed E-state index contributed by atoms with van der Waals surface area (Å²) in [7, 11) is 0. The van der Waals surface area contributed by atoms with E-state index in [4.69, 9.17) is 16.3 Å². The van der Waals surface area contributed by atoms with Crippen LogP contribution in [0, 0.1) is 5.92 Å². The van der Waals surface area contributed by atoms with E-state index in [-0.39, 0.29) is 0 Å². The molecule has 4 heteroatoms. The summed E-state index contributed by atoms with van der Waals surface area (Å²) in [6.45, 7) is 5.04. The second-order valence-electron chi connectivity index (χ2n) is 5.48. The molecule has 2 unspecified atom stereocenters. The first-order chi connectivity index (χ1) is 9.70. The van der Waals surface area contributed by atoms with Gasteiger partial charge in [-0.25, -0.2) is 0 Å². The predicted molar refractivity (Wildman–Crippen MR) is 88.5 cm³/mol. The maximum atomic E-state index is 6.36. The minimum atomic E-state index is 0.453. The van der Waals surface area contributed by atoms with Gasteiger partial charge in [0.1, 0.15) is 0 Å². The third kappa shape index (κ3) is 4.73. The Morgan fingerprint density at radius 2 is 2.35 bits per heavy atom. The molecular formula is C16H23BrClNO. The highest BCUT2D eigenvalue weighted by molar-refractivity contribution is 9.10. The van der Waals surface area contributed by atoms with Gasteiger partial charge in [0.15, 0.2) is 0 Å². The lowest BCUT2D eigenvalue weighted by molar-refractivity contribution is 0.0393. The number of hydrogen-bond acceptors (Lipinski definition) is 2. The summed E-state index contributed by atoms with van der Waals surface area (Å²) in [5.74, 6) is 0.593. The molecule has 1 saturated heterocycles. The third-order valence-corrected chi connectivity index (χ3v) is 4.72. The van der Waals surface area contributed by atoms with Crippen molar-refractivity contribution in [1.29, 1.82) is 0 Å². The first-order valence-corrected chi connectivity index (χ1v) is 8.63. The van der Waals surface area contributed by atoms with Gasteiger partial charge >= 0.3 is 0 Å². The van der Waals surface area contributed by atoms with Gasteiger partial charge in [0.25, 0.3) is 0 Å². The van der Waals surface area contributed by atoms with Crippen LogP contribution in [-0.4, -0.2) is 25.8 Å². The van der Waals surface area contributed by atoms with Gasteiger partial charge in [-0.15, -0.1) is 0 Å². The highest BCUT2D eigenvalue weighted by atomic mass is 79.9. The Morgan fingerprint density at radius 3 is 3.00 bits per heavy atom. The van der Waals surface area contributed by atoms with Crippen LogP contribution in [0.4, 0.5) is 0 Å². The summed E-state index contributed by atoms with van der Waals surface area (Å²) in [6.07, 6.45) is 4.54. The molecular weight excluding hydrogens is 338 g/mol. The summed E-state index contributed by atoms with van der Waals surface area (Å²) in [5, 5.41) is 4.53. The fourth-order valence-corrected chi connectivity index (χ4v) is 3.49. The van der Waals surface area contributed by atoms with E-state index in [2.05, 4.69) is 40.3 Å². The Kier molecular flexibility index (Phi) is 6.82. The van der Waals surface area contributed by atoms with E-state index in [1.165, 1.54) is 18.4 Å². The molecule has 0 aromatic heterocycles. The monoisotopic (exact) mass is 359 g/mol. The topological polar surface area (TPSA) is 21.3 Å². The minimum absolute atomic E-state index is 0.453. The highest BCUT2D eigenvalue weighted by Crippen LogP contribution is 2.26. The van der Waals surface area contributed by atoms with Gasteiger partial charge in [0.05, 0.1) is 6.61 Å². The molecule has 20 heavy (non-hydrogen) atoms. The zero-order valence-electron chi connectivity index (χ0n) is 12.0. The molecule has 2 rings (SSSR count). The Morgan fingerprint density at radius 1 is 1.50 bits per heavy atom. The Labute approximate surface area is 135 Å². The van der Waals surface area contributed by atoms with Gasteiger partial charge in [0, 0.05) is 22.1 Å². The van der Waals surface area contributed by atoms with Crippen LogP contribution in [0.1, 0.15) is 31.7 Å². The second kappa shape index (κ2) is 8.38. The Hall–Kier alpha value is -0.0900. The van der Waals surface area contributed by atoms with E-state index in [1.807, 2.05) is 6.07 Å². The van der Waals surface area contributed by atoms with E-state index < -0.39 is 0 Å². The van der Waals surface area contributed by atoms with Crippen molar-refractivity contribution in [3.63, 3.8) is 0 Å². The summed E-state index contributed by atoms with van der Waals surface area (Å²) >= 11 is 9.82. The largest absolute Gasteiger partial charge is 0.381 e. The molecule has 0 amide bonds. The maximum absolute atomic E-state index is 6.36. The third-order valence-electron chi connectivity index (χ3n) is 3.88. The summed E-state index contributed by atoms with van der Waals surface area (Å²) in [5.41, 5.74) is 1.22. The van der Waals surface area contributed by atoms with Crippen LogP contribution in [0.25, 0.3) is 0 Å². The van der Waals surface area contributed by atoms with Crippen molar-refractivity contribution in [2.75, 3.05) is 19.8 Å². The SMILES string of the molecule is CCCNC(Cc1ccc(Br)cc1Cl)C1CCCOC1. The highest BCUT2D eigenvalue weighted by Gasteiger charge is 2.24. The van der Waals surface area contributed by atoms with Crippen molar-refractivity contribution in [2.45, 2.75) is 38.6 Å². The average molecular weight is 361 g/mol. The van der Waals surface area contributed by atoms with E-state index in [1.54, 1.807) is 0 Å². The quantitative estimate of drug-likeness (QED) is 0.810. The van der Waals surface area contributed by atoms with E-state index >= 15 is 0 Å². The number of ether oxygens (including phenoxy) is 1. The normalized spacial score (nSPS) is 20.9. The molecule has 1 aliphatic rings. The number of nitrogens with one attached hydrogen (secondary N) is 1. The standard InChI is InChI=1S/C16H23BrClNO/c1-2-7-19-16(13-4-3-8-20-11-13)9-12-5-6-14(17)10-15(12)18/h5-6,10,13,16,19H,2-4,7-9,11H2,1H3. The molecule has 0 spiro atoms. The molecule has 2 nitrogen and oxygen atoms in total. The minimum Gasteiger partial charge on any atom is -0.381 e. The maximum Gasteiger partial charge on any atom is 0.0509 e. The van der Waals surface area contributed by atoms with Crippen LogP contribution < -0.4 is 5.32 Å². The van der Waals surface area contributed by atoms with E-state index in [9.17, 15) is 0 Å². The van der Waals surface area contributed by atoms with Gasteiger partial charge in [-0.1, -0.05) is 40.5 Å². The zero-order chi connectivity index (χ0) is 14.4. The summed E-state index contributed by atoms with van der Waals surface area (Å²) < 4.78 is 6.68. The van der Waals surface area contributed by atoms with Crippen molar-refractivity contribution in [2.24, 2.45) is 5.92 Å². The van der Waals surface area contributed by atoms with Crippen molar-refractivity contribution in [1.82, 2.24) is 5.32 Å². The number of rotatable bonds is 6.